The molecule has 1 rings (SSSR count). The van der Waals surface area contributed by atoms with Gasteiger partial charge in [0.25, 0.3) is 0 Å². The number of hydrogen-bond acceptors (Lipinski definition) is 4. The molecule has 0 aromatic heterocycles. The minimum atomic E-state index is -0.178. The van der Waals surface area contributed by atoms with Crippen LogP contribution in [0.5, 0.6) is 0 Å². The van der Waals surface area contributed by atoms with Crippen molar-refractivity contribution in [3.05, 3.63) is 35.6 Å². The Morgan fingerprint density at radius 2 is 1.95 bits per heavy atom. The van der Waals surface area contributed by atoms with E-state index in [4.69, 9.17) is 9.47 Å². The van der Waals surface area contributed by atoms with Crippen molar-refractivity contribution in [2.45, 2.75) is 19.0 Å². The zero-order valence-corrected chi connectivity index (χ0v) is 13.4. The second kappa shape index (κ2) is 9.84. The lowest BCUT2D eigenvalue weighted by Crippen LogP contribution is -2.43. The van der Waals surface area contributed by atoms with Gasteiger partial charge < -0.3 is 14.8 Å². The van der Waals surface area contributed by atoms with Crippen LogP contribution >= 0.6 is 0 Å². The quantitative estimate of drug-likeness (QED) is 0.717. The molecule has 0 aliphatic heterocycles. The Hall–Kier alpha value is -1.01. The van der Waals surface area contributed by atoms with Crippen LogP contribution in [0, 0.1) is 5.82 Å². The van der Waals surface area contributed by atoms with Gasteiger partial charge >= 0.3 is 0 Å². The average molecular weight is 298 g/mol. The van der Waals surface area contributed by atoms with E-state index in [9.17, 15) is 4.39 Å². The molecule has 2 atom stereocenters. The summed E-state index contributed by atoms with van der Waals surface area (Å²) in [6.07, 6.45) is 0. The van der Waals surface area contributed by atoms with Gasteiger partial charge in [-0.1, -0.05) is 18.2 Å². The minimum Gasteiger partial charge on any atom is -0.383 e. The van der Waals surface area contributed by atoms with Gasteiger partial charge in [0.2, 0.25) is 0 Å². The molecule has 0 amide bonds. The highest BCUT2D eigenvalue weighted by molar-refractivity contribution is 5.21. The zero-order chi connectivity index (χ0) is 15.7. The highest BCUT2D eigenvalue weighted by Gasteiger charge is 2.21. The molecule has 0 bridgehead atoms. The first-order chi connectivity index (χ1) is 10.1. The molecule has 0 saturated heterocycles. The van der Waals surface area contributed by atoms with Crippen LogP contribution in [0.1, 0.15) is 18.5 Å². The summed E-state index contributed by atoms with van der Waals surface area (Å²) in [6.45, 7) is 4.87. The van der Waals surface area contributed by atoms with Crippen LogP contribution in [-0.2, 0) is 9.47 Å². The zero-order valence-electron chi connectivity index (χ0n) is 13.4. The van der Waals surface area contributed by atoms with Gasteiger partial charge in [-0.3, -0.25) is 4.90 Å². The van der Waals surface area contributed by atoms with Crippen LogP contribution in [0.2, 0.25) is 0 Å². The summed E-state index contributed by atoms with van der Waals surface area (Å²) in [5, 5.41) is 3.20. The second-order valence-corrected chi connectivity index (χ2v) is 5.15. The van der Waals surface area contributed by atoms with Crippen LogP contribution < -0.4 is 5.32 Å². The van der Waals surface area contributed by atoms with Gasteiger partial charge in [0, 0.05) is 45.0 Å². The van der Waals surface area contributed by atoms with Gasteiger partial charge in [-0.15, -0.1) is 0 Å². The van der Waals surface area contributed by atoms with Crippen LogP contribution in [-0.4, -0.2) is 58.5 Å². The fraction of sp³-hybridized carbons (Fsp3) is 0.625. The molecule has 0 heterocycles. The molecule has 0 aliphatic rings. The first kappa shape index (κ1) is 18.0. The van der Waals surface area contributed by atoms with Crippen molar-refractivity contribution in [1.29, 1.82) is 0 Å². The maximum absolute atomic E-state index is 14.0. The van der Waals surface area contributed by atoms with Crippen molar-refractivity contribution in [2.75, 3.05) is 47.6 Å². The SMILES string of the molecule is CNC(CN(CCOC)C(C)COC)c1ccccc1F. The highest BCUT2D eigenvalue weighted by Crippen LogP contribution is 2.18. The normalized spacial score (nSPS) is 14.4. The molecule has 21 heavy (non-hydrogen) atoms. The number of likely N-dealkylation sites (N-methyl/N-ethyl adjacent to an activating group) is 1. The van der Waals surface area contributed by atoms with Crippen LogP contribution in [0.15, 0.2) is 24.3 Å². The van der Waals surface area contributed by atoms with Crippen molar-refractivity contribution < 1.29 is 13.9 Å². The molecule has 1 N–H and O–H groups in total. The summed E-state index contributed by atoms with van der Waals surface area (Å²) in [4.78, 5) is 2.25. The van der Waals surface area contributed by atoms with Crippen LogP contribution in [0.4, 0.5) is 4.39 Å². The Kier molecular flexibility index (Phi) is 8.45. The lowest BCUT2D eigenvalue weighted by Gasteiger charge is -2.32. The molecule has 0 radical (unpaired) electrons. The molecule has 5 heteroatoms. The number of ether oxygens (including phenoxy) is 2. The van der Waals surface area contributed by atoms with Gasteiger partial charge in [-0.2, -0.15) is 0 Å². The summed E-state index contributed by atoms with van der Waals surface area (Å²) >= 11 is 0. The molecular weight excluding hydrogens is 271 g/mol. The summed E-state index contributed by atoms with van der Waals surface area (Å²) in [6, 6.07) is 7.07. The Morgan fingerprint density at radius 1 is 1.24 bits per heavy atom. The number of methoxy groups -OCH3 is 2. The first-order valence-corrected chi connectivity index (χ1v) is 7.27. The van der Waals surface area contributed by atoms with Gasteiger partial charge in [-0.25, -0.2) is 4.39 Å². The Bertz CT molecular complexity index is 404. The minimum absolute atomic E-state index is 0.0673. The summed E-state index contributed by atoms with van der Waals surface area (Å²) in [7, 11) is 5.23. The third kappa shape index (κ3) is 5.71. The number of nitrogens with one attached hydrogen (secondary N) is 1. The summed E-state index contributed by atoms with van der Waals surface area (Å²) < 4.78 is 24.4. The van der Waals surface area contributed by atoms with Crippen molar-refractivity contribution in [1.82, 2.24) is 10.2 Å². The molecule has 2 unspecified atom stereocenters. The van der Waals surface area contributed by atoms with Crippen molar-refractivity contribution in [3.63, 3.8) is 0 Å². The van der Waals surface area contributed by atoms with E-state index in [1.165, 1.54) is 6.07 Å². The Labute approximate surface area is 127 Å². The fourth-order valence-electron chi connectivity index (χ4n) is 2.38. The van der Waals surface area contributed by atoms with Crippen molar-refractivity contribution >= 4 is 0 Å². The van der Waals surface area contributed by atoms with Crippen LogP contribution in [0.3, 0.4) is 0 Å². The van der Waals surface area contributed by atoms with Gasteiger partial charge in [0.05, 0.1) is 13.2 Å². The van der Waals surface area contributed by atoms with E-state index in [1.807, 2.05) is 19.2 Å². The molecule has 0 aliphatic carbocycles. The fourth-order valence-corrected chi connectivity index (χ4v) is 2.38. The second-order valence-electron chi connectivity index (χ2n) is 5.15. The van der Waals surface area contributed by atoms with Gasteiger partial charge in [0.15, 0.2) is 0 Å². The standard InChI is InChI=1S/C16H27FN2O2/c1-13(12-21-4)19(9-10-20-3)11-16(18-2)14-7-5-6-8-15(14)17/h5-8,13,16,18H,9-12H2,1-4H3. The Morgan fingerprint density at radius 3 is 2.52 bits per heavy atom. The monoisotopic (exact) mass is 298 g/mol. The number of hydrogen-bond donors (Lipinski definition) is 1. The van der Waals surface area contributed by atoms with E-state index in [0.717, 1.165) is 6.54 Å². The van der Waals surface area contributed by atoms with E-state index in [0.29, 0.717) is 25.3 Å². The lowest BCUT2D eigenvalue weighted by atomic mass is 10.1. The van der Waals surface area contributed by atoms with E-state index < -0.39 is 0 Å². The van der Waals surface area contributed by atoms with E-state index in [2.05, 4.69) is 17.1 Å². The lowest BCUT2D eigenvalue weighted by molar-refractivity contribution is 0.0690. The molecule has 4 nitrogen and oxygen atoms in total. The number of benzene rings is 1. The maximum Gasteiger partial charge on any atom is 0.128 e. The largest absolute Gasteiger partial charge is 0.383 e. The number of halogens is 1. The van der Waals surface area contributed by atoms with E-state index in [-0.39, 0.29) is 17.9 Å². The average Bonchev–Trinajstić information content (AvgIpc) is 2.49. The van der Waals surface area contributed by atoms with Crippen molar-refractivity contribution in [3.8, 4) is 0 Å². The van der Waals surface area contributed by atoms with E-state index >= 15 is 0 Å². The molecule has 1 aromatic carbocycles. The molecule has 0 fully saturated rings. The van der Waals surface area contributed by atoms with Gasteiger partial charge in [0.1, 0.15) is 5.82 Å². The molecule has 0 spiro atoms. The third-order valence-corrected chi connectivity index (χ3v) is 3.66. The highest BCUT2D eigenvalue weighted by atomic mass is 19.1. The van der Waals surface area contributed by atoms with Crippen LogP contribution in [0.25, 0.3) is 0 Å². The topological polar surface area (TPSA) is 33.7 Å². The first-order valence-electron chi connectivity index (χ1n) is 7.27. The molecule has 120 valence electrons. The maximum atomic E-state index is 14.0. The molecule has 0 saturated carbocycles. The molecule has 1 aromatic rings. The Balaban J connectivity index is 2.80. The predicted octanol–water partition coefficient (Wildman–Crippen LogP) is 2.07. The smallest absolute Gasteiger partial charge is 0.128 e. The summed E-state index contributed by atoms with van der Waals surface area (Å²) in [5.74, 6) is -0.178. The van der Waals surface area contributed by atoms with Crippen molar-refractivity contribution in [2.24, 2.45) is 0 Å². The number of rotatable bonds is 10. The number of nitrogens with zero attached hydrogens (tertiary/aromatic N) is 1. The summed E-state index contributed by atoms with van der Waals surface area (Å²) in [5.41, 5.74) is 0.687. The molecular formula is C16H27FN2O2. The van der Waals surface area contributed by atoms with Gasteiger partial charge in [-0.05, 0) is 20.0 Å². The predicted molar refractivity (Wildman–Crippen MR) is 83.0 cm³/mol. The van der Waals surface area contributed by atoms with E-state index in [1.54, 1.807) is 20.3 Å². The third-order valence-electron chi connectivity index (χ3n) is 3.66.